The second kappa shape index (κ2) is 4.38. The van der Waals surface area contributed by atoms with E-state index in [1.54, 1.807) is 0 Å². The third kappa shape index (κ3) is 2.34. The van der Waals surface area contributed by atoms with Crippen molar-refractivity contribution < 1.29 is 9.31 Å². The van der Waals surface area contributed by atoms with E-state index >= 15 is 0 Å². The average molecular weight is 255 g/mol. The maximum Gasteiger partial charge on any atom is 0.289 e. The average Bonchev–Trinajstić information content (AvgIpc) is 2.30. The van der Waals surface area contributed by atoms with Crippen molar-refractivity contribution in [3.63, 3.8) is 0 Å². The fourth-order valence-electron chi connectivity index (χ4n) is 1.13. The predicted molar refractivity (Wildman–Crippen MR) is 56.9 cm³/mol. The van der Waals surface area contributed by atoms with E-state index in [0.29, 0.717) is 0 Å². The molecule has 0 saturated heterocycles. The molecule has 8 heteroatoms. The molecule has 0 aliphatic carbocycles. The number of aromatic nitrogens is 3. The van der Waals surface area contributed by atoms with Crippen LogP contribution in [0, 0.1) is 15.9 Å². The molecule has 0 radical (unpaired) electrons. The molecule has 0 aliphatic heterocycles. The molecule has 0 atom stereocenters. The van der Waals surface area contributed by atoms with Crippen LogP contribution >= 0.6 is 11.6 Å². The molecule has 0 bridgehead atoms. The Morgan fingerprint density at radius 1 is 1.24 bits per heavy atom. The van der Waals surface area contributed by atoms with Crippen molar-refractivity contribution in [1.29, 1.82) is 0 Å². The van der Waals surface area contributed by atoms with E-state index in [0.717, 1.165) is 24.7 Å². The van der Waals surface area contributed by atoms with Gasteiger partial charge in [0.2, 0.25) is 0 Å². The quantitative estimate of drug-likeness (QED) is 0.606. The fraction of sp³-hybridized carbons (Fsp3) is 0. The second-order valence-corrected chi connectivity index (χ2v) is 3.41. The van der Waals surface area contributed by atoms with Gasteiger partial charge in [-0.15, -0.1) is 0 Å². The van der Waals surface area contributed by atoms with Crippen LogP contribution in [0.15, 0.2) is 24.7 Å². The zero-order valence-electron chi connectivity index (χ0n) is 8.17. The fourth-order valence-corrected chi connectivity index (χ4v) is 1.37. The number of hydrogen-bond donors (Lipinski definition) is 0. The lowest BCUT2D eigenvalue weighted by Crippen LogP contribution is -1.95. The normalized spacial score (nSPS) is 10.2. The van der Waals surface area contributed by atoms with Gasteiger partial charge in [0.05, 0.1) is 22.3 Å². The van der Waals surface area contributed by atoms with Gasteiger partial charge in [0.1, 0.15) is 11.9 Å². The van der Waals surface area contributed by atoms with E-state index < -0.39 is 10.7 Å². The molecule has 0 fully saturated rings. The van der Waals surface area contributed by atoms with Gasteiger partial charge in [-0.05, 0) is 0 Å². The molecule has 2 aromatic heterocycles. The van der Waals surface area contributed by atoms with Crippen LogP contribution in [0.2, 0.25) is 5.02 Å². The lowest BCUT2D eigenvalue weighted by Gasteiger charge is -2.00. The lowest BCUT2D eigenvalue weighted by molar-refractivity contribution is -0.385. The zero-order chi connectivity index (χ0) is 12.4. The van der Waals surface area contributed by atoms with Gasteiger partial charge < -0.3 is 0 Å². The monoisotopic (exact) mass is 254 g/mol. The van der Waals surface area contributed by atoms with E-state index in [-0.39, 0.29) is 22.2 Å². The molecule has 2 aromatic rings. The van der Waals surface area contributed by atoms with Gasteiger partial charge in [-0.3, -0.25) is 10.1 Å². The van der Waals surface area contributed by atoms with Crippen molar-refractivity contribution >= 4 is 17.3 Å². The first-order valence-electron chi connectivity index (χ1n) is 4.36. The molecule has 0 amide bonds. The van der Waals surface area contributed by atoms with Crippen molar-refractivity contribution in [2.75, 3.05) is 0 Å². The Labute approximate surface area is 99.3 Å². The summed E-state index contributed by atoms with van der Waals surface area (Å²) in [5, 5.41) is 10.5. The standard InChI is InChI=1S/C9H4ClFN4O2/c10-7-1-6(15(16)17)4-12-8(7)9-13-2-5(11)3-14-9/h1-4H. The van der Waals surface area contributed by atoms with Crippen LogP contribution in [0.4, 0.5) is 10.1 Å². The summed E-state index contributed by atoms with van der Waals surface area (Å²) in [7, 11) is 0. The number of rotatable bonds is 2. The van der Waals surface area contributed by atoms with Gasteiger partial charge in [-0.1, -0.05) is 11.6 Å². The molecule has 86 valence electrons. The lowest BCUT2D eigenvalue weighted by atomic mass is 10.3. The molecule has 0 N–H and O–H groups in total. The molecule has 6 nitrogen and oxygen atoms in total. The summed E-state index contributed by atoms with van der Waals surface area (Å²) in [5.41, 5.74) is -0.0712. The van der Waals surface area contributed by atoms with Crippen molar-refractivity contribution in [3.8, 4) is 11.5 Å². The number of hydrogen-bond acceptors (Lipinski definition) is 5. The van der Waals surface area contributed by atoms with Crippen LogP contribution in [0.3, 0.4) is 0 Å². The van der Waals surface area contributed by atoms with Crippen molar-refractivity contribution in [1.82, 2.24) is 15.0 Å². The first-order valence-corrected chi connectivity index (χ1v) is 4.73. The third-order valence-corrected chi connectivity index (χ3v) is 2.16. The Hall–Kier alpha value is -2.15. The van der Waals surface area contributed by atoms with Crippen LogP contribution in [-0.4, -0.2) is 19.9 Å². The molecule has 0 aliphatic rings. The first kappa shape index (κ1) is 11.3. The SMILES string of the molecule is O=[N+]([O-])c1cnc(-c2ncc(F)cn2)c(Cl)c1. The number of halogens is 2. The Balaban J connectivity index is 2.46. The maximum absolute atomic E-state index is 12.6. The zero-order valence-corrected chi connectivity index (χ0v) is 8.93. The van der Waals surface area contributed by atoms with Gasteiger partial charge >= 0.3 is 0 Å². The summed E-state index contributed by atoms with van der Waals surface area (Å²) in [5.74, 6) is -0.488. The largest absolute Gasteiger partial charge is 0.289 e. The minimum atomic E-state index is -0.617. The molecule has 0 saturated carbocycles. The van der Waals surface area contributed by atoms with E-state index in [1.165, 1.54) is 0 Å². The molecule has 17 heavy (non-hydrogen) atoms. The molecule has 0 aromatic carbocycles. The predicted octanol–water partition coefficient (Wildman–Crippen LogP) is 2.24. The second-order valence-electron chi connectivity index (χ2n) is 3.01. The van der Waals surface area contributed by atoms with E-state index in [9.17, 15) is 14.5 Å². The number of nitrogens with zero attached hydrogens (tertiary/aromatic N) is 4. The molecular weight excluding hydrogens is 251 g/mol. The summed E-state index contributed by atoms with van der Waals surface area (Å²) >= 11 is 5.81. The van der Waals surface area contributed by atoms with Gasteiger partial charge in [0.25, 0.3) is 5.69 Å². The van der Waals surface area contributed by atoms with E-state index in [1.807, 2.05) is 0 Å². The van der Waals surface area contributed by atoms with Crippen LogP contribution in [-0.2, 0) is 0 Å². The maximum atomic E-state index is 12.6. The van der Waals surface area contributed by atoms with Gasteiger partial charge in [0, 0.05) is 6.07 Å². The van der Waals surface area contributed by atoms with Crippen LogP contribution in [0.25, 0.3) is 11.5 Å². The summed E-state index contributed by atoms with van der Waals surface area (Å²) in [6, 6.07) is 1.14. The van der Waals surface area contributed by atoms with Gasteiger partial charge in [-0.2, -0.15) is 0 Å². The van der Waals surface area contributed by atoms with Gasteiger partial charge in [0.15, 0.2) is 11.6 Å². The van der Waals surface area contributed by atoms with Crippen molar-refractivity contribution in [3.05, 3.63) is 45.6 Å². The Kier molecular flexibility index (Phi) is 2.92. The number of nitro groups is 1. The first-order chi connectivity index (χ1) is 8.08. The Morgan fingerprint density at radius 3 is 2.41 bits per heavy atom. The van der Waals surface area contributed by atoms with Crippen LogP contribution < -0.4 is 0 Å². The number of pyridine rings is 1. The highest BCUT2D eigenvalue weighted by Gasteiger charge is 2.14. The summed E-state index contributed by atoms with van der Waals surface area (Å²) in [6.45, 7) is 0. The summed E-state index contributed by atoms with van der Waals surface area (Å²) in [6.07, 6.45) is 2.96. The van der Waals surface area contributed by atoms with Crippen LogP contribution in [0.1, 0.15) is 0 Å². The minimum absolute atomic E-state index is 0.0332. The Bertz CT molecular complexity index is 576. The smallest absolute Gasteiger partial charge is 0.258 e. The highest BCUT2D eigenvalue weighted by Crippen LogP contribution is 2.25. The highest BCUT2D eigenvalue weighted by atomic mass is 35.5. The summed E-state index contributed by atoms with van der Waals surface area (Å²) < 4.78 is 12.6. The molecular formula is C9H4ClFN4O2. The topological polar surface area (TPSA) is 81.8 Å². The molecule has 0 spiro atoms. The van der Waals surface area contributed by atoms with Crippen molar-refractivity contribution in [2.24, 2.45) is 0 Å². The van der Waals surface area contributed by atoms with Crippen molar-refractivity contribution in [2.45, 2.75) is 0 Å². The van der Waals surface area contributed by atoms with E-state index in [2.05, 4.69) is 15.0 Å². The highest BCUT2D eigenvalue weighted by molar-refractivity contribution is 6.33. The Morgan fingerprint density at radius 2 is 1.88 bits per heavy atom. The van der Waals surface area contributed by atoms with Gasteiger partial charge in [-0.25, -0.2) is 19.3 Å². The minimum Gasteiger partial charge on any atom is -0.258 e. The molecule has 0 unspecified atom stereocenters. The molecule has 2 heterocycles. The summed E-state index contributed by atoms with van der Waals surface area (Å²) in [4.78, 5) is 21.0. The van der Waals surface area contributed by atoms with E-state index in [4.69, 9.17) is 11.6 Å². The van der Waals surface area contributed by atoms with Crippen LogP contribution in [0.5, 0.6) is 0 Å². The molecule has 2 rings (SSSR count). The third-order valence-electron chi connectivity index (χ3n) is 1.87.